The molecule has 0 unspecified atom stereocenters. The Kier molecular flexibility index (Phi) is 2.30. The van der Waals surface area contributed by atoms with Crippen LogP contribution in [-0.2, 0) is 14.3 Å². The maximum absolute atomic E-state index is 12.2. The average Bonchev–Trinajstić information content (AvgIpc) is 3.49. The van der Waals surface area contributed by atoms with Crippen LogP contribution in [0.2, 0.25) is 0 Å². The zero-order valence-electron chi connectivity index (χ0n) is 16.2. The van der Waals surface area contributed by atoms with Gasteiger partial charge in [0.2, 0.25) is 0 Å². The monoisotopic (exact) mass is 372 g/mol. The summed E-state index contributed by atoms with van der Waals surface area (Å²) >= 11 is 0. The molecule has 5 heteroatoms. The second-order valence-corrected chi connectivity index (χ2v) is 11.1. The minimum atomic E-state index is -1.04. The van der Waals surface area contributed by atoms with Gasteiger partial charge in [-0.05, 0) is 43.4 Å². The van der Waals surface area contributed by atoms with Crippen molar-refractivity contribution in [1.29, 1.82) is 0 Å². The number of carbonyl (C=O) groups is 1. The van der Waals surface area contributed by atoms with E-state index in [0.717, 1.165) is 24.8 Å². The number of epoxide rings is 1. The first-order valence-corrected chi connectivity index (χ1v) is 10.7. The molecule has 2 N–H and O–H groups in total. The molecule has 2 heterocycles. The predicted octanol–water partition coefficient (Wildman–Crippen LogP) is 1.96. The van der Waals surface area contributed by atoms with Crippen molar-refractivity contribution in [3.05, 3.63) is 11.1 Å². The van der Waals surface area contributed by atoms with Gasteiger partial charge in [0.15, 0.2) is 0 Å². The quantitative estimate of drug-likeness (QED) is 0.543. The number of aliphatic hydroxyl groups excluding tert-OH is 1. The van der Waals surface area contributed by atoms with Gasteiger partial charge >= 0.3 is 5.97 Å². The van der Waals surface area contributed by atoms with Crippen molar-refractivity contribution in [3.63, 3.8) is 0 Å². The Balaban J connectivity index is 1.42. The highest BCUT2D eigenvalue weighted by molar-refractivity contribution is 5.92. The summed E-state index contributed by atoms with van der Waals surface area (Å²) in [5, 5.41) is 23.7. The normalized spacial score (nSPS) is 64.0. The van der Waals surface area contributed by atoms with Crippen LogP contribution in [0.25, 0.3) is 0 Å². The van der Waals surface area contributed by atoms with Crippen molar-refractivity contribution in [2.75, 3.05) is 6.61 Å². The van der Waals surface area contributed by atoms with Gasteiger partial charge in [0.25, 0.3) is 0 Å². The number of carbonyl (C=O) groups excluding carboxylic acids is 1. The van der Waals surface area contributed by atoms with Crippen LogP contribution >= 0.6 is 0 Å². The molecule has 7 aliphatic rings. The third-order valence-electron chi connectivity index (χ3n) is 10.8. The summed E-state index contributed by atoms with van der Waals surface area (Å²) in [7, 11) is 0. The lowest BCUT2D eigenvalue weighted by molar-refractivity contribution is -0.183. The highest BCUT2D eigenvalue weighted by Gasteiger charge is 2.98. The number of aliphatic hydroxyl groups is 2. The number of fused-ring (bicyclic) bond motifs is 4. The number of ether oxygens (including phenoxy) is 2. The van der Waals surface area contributed by atoms with Gasteiger partial charge in [0, 0.05) is 33.8 Å². The van der Waals surface area contributed by atoms with Gasteiger partial charge in [-0.1, -0.05) is 20.8 Å². The molecule has 27 heavy (non-hydrogen) atoms. The van der Waals surface area contributed by atoms with E-state index in [4.69, 9.17) is 9.47 Å². The van der Waals surface area contributed by atoms with Crippen molar-refractivity contribution >= 4 is 5.97 Å². The molecule has 0 aromatic heterocycles. The van der Waals surface area contributed by atoms with Crippen LogP contribution in [0.3, 0.4) is 0 Å². The molecule has 5 nitrogen and oxygen atoms in total. The summed E-state index contributed by atoms with van der Waals surface area (Å²) in [5.41, 5.74) is -0.502. The fourth-order valence-electron chi connectivity index (χ4n) is 9.27. The number of esters is 1. The minimum Gasteiger partial charge on any atom is -0.458 e. The predicted molar refractivity (Wildman–Crippen MR) is 94.4 cm³/mol. The Morgan fingerprint density at radius 1 is 1.19 bits per heavy atom. The van der Waals surface area contributed by atoms with E-state index >= 15 is 0 Å². The minimum absolute atomic E-state index is 0.0107. The van der Waals surface area contributed by atoms with Gasteiger partial charge in [0.05, 0.1) is 17.8 Å². The molecule has 5 aliphatic carbocycles. The largest absolute Gasteiger partial charge is 0.458 e. The number of cyclic esters (lactones) is 1. The maximum Gasteiger partial charge on any atom is 0.334 e. The van der Waals surface area contributed by atoms with Crippen molar-refractivity contribution in [2.24, 2.45) is 34.0 Å². The summed E-state index contributed by atoms with van der Waals surface area (Å²) in [4.78, 5) is 12.2. The van der Waals surface area contributed by atoms with Gasteiger partial charge in [0.1, 0.15) is 12.2 Å². The number of hydrogen-bond donors (Lipinski definition) is 2. The van der Waals surface area contributed by atoms with Crippen LogP contribution in [0.1, 0.15) is 52.9 Å². The van der Waals surface area contributed by atoms with Crippen LogP contribution in [0.5, 0.6) is 0 Å². The summed E-state index contributed by atoms with van der Waals surface area (Å²) in [6.07, 6.45) is 3.56. The second-order valence-electron chi connectivity index (χ2n) is 11.1. The molecular formula is C22H28O5. The van der Waals surface area contributed by atoms with Crippen molar-refractivity contribution in [1.82, 2.24) is 0 Å². The zero-order chi connectivity index (χ0) is 18.8. The van der Waals surface area contributed by atoms with Crippen LogP contribution in [0.4, 0.5) is 0 Å². The second kappa shape index (κ2) is 3.90. The summed E-state index contributed by atoms with van der Waals surface area (Å²) in [5.74, 6) is 1.29. The lowest BCUT2D eigenvalue weighted by Crippen LogP contribution is -2.68. The van der Waals surface area contributed by atoms with Crippen LogP contribution < -0.4 is 0 Å². The average molecular weight is 372 g/mol. The molecule has 0 aromatic rings. The van der Waals surface area contributed by atoms with Crippen molar-refractivity contribution in [3.8, 4) is 0 Å². The van der Waals surface area contributed by atoms with E-state index in [0.29, 0.717) is 36.2 Å². The van der Waals surface area contributed by atoms with Crippen LogP contribution in [0, 0.1) is 34.0 Å². The standard InChI is InChI=1S/C22H28O5/c1-10(2)19-6-12(19)13-7-20(13)18(3)5-4-11-14(9-26-16(11)23)21(18,25)8-15-22(20,27-15)17(19)24/h10,12-13,15,17,24-25H,4-9H2,1-3H3/t12-,13-,15-,17+,18+,19+,20-,21+,22+/m0/s1. The third-order valence-corrected chi connectivity index (χ3v) is 10.8. The molecule has 2 aliphatic heterocycles. The number of rotatable bonds is 1. The first-order valence-electron chi connectivity index (χ1n) is 10.7. The Bertz CT molecular complexity index is 863. The molecule has 7 rings (SSSR count). The lowest BCUT2D eigenvalue weighted by atomic mass is 9.43. The zero-order valence-corrected chi connectivity index (χ0v) is 16.2. The van der Waals surface area contributed by atoms with E-state index < -0.39 is 17.3 Å². The van der Waals surface area contributed by atoms with E-state index in [-0.39, 0.29) is 34.9 Å². The van der Waals surface area contributed by atoms with E-state index in [1.165, 1.54) is 0 Å². The third kappa shape index (κ3) is 1.21. The van der Waals surface area contributed by atoms with Crippen molar-refractivity contribution in [2.45, 2.75) is 76.3 Å². The molecule has 0 radical (unpaired) electrons. The smallest absolute Gasteiger partial charge is 0.334 e. The highest BCUT2D eigenvalue weighted by atomic mass is 16.6. The summed E-state index contributed by atoms with van der Waals surface area (Å²) in [6.45, 7) is 6.93. The number of hydrogen-bond acceptors (Lipinski definition) is 5. The van der Waals surface area contributed by atoms with E-state index in [9.17, 15) is 15.0 Å². The molecule has 4 saturated carbocycles. The van der Waals surface area contributed by atoms with E-state index in [1.54, 1.807) is 0 Å². The molecule has 5 fully saturated rings. The topological polar surface area (TPSA) is 79.3 Å². The lowest BCUT2D eigenvalue weighted by Gasteiger charge is -2.60. The van der Waals surface area contributed by atoms with Gasteiger partial charge in [-0.25, -0.2) is 4.79 Å². The first-order chi connectivity index (χ1) is 12.7. The molecule has 1 saturated heterocycles. The van der Waals surface area contributed by atoms with Crippen LogP contribution in [0.15, 0.2) is 11.1 Å². The van der Waals surface area contributed by atoms with Gasteiger partial charge in [-0.15, -0.1) is 0 Å². The molecule has 9 atom stereocenters. The fourth-order valence-corrected chi connectivity index (χ4v) is 9.27. The molecule has 0 bridgehead atoms. The Hall–Kier alpha value is -0.910. The highest BCUT2D eigenvalue weighted by Crippen LogP contribution is 2.93. The van der Waals surface area contributed by atoms with E-state index in [1.807, 2.05) is 0 Å². The summed E-state index contributed by atoms with van der Waals surface area (Å²) in [6, 6.07) is 0. The molecule has 2 spiro atoms. The molecule has 146 valence electrons. The van der Waals surface area contributed by atoms with Gasteiger partial charge in [-0.3, -0.25) is 0 Å². The van der Waals surface area contributed by atoms with E-state index in [2.05, 4.69) is 20.8 Å². The fraction of sp³-hybridized carbons (Fsp3) is 0.864. The first kappa shape index (κ1) is 15.9. The SMILES string of the molecule is CC(C)[C@]12C[C@H]1[C@@H]1C[C@]13[C@]1(O[C@H]1C[C@@]1(O)C4=C(CC[C@]31C)C(=O)OC4)[C@@H]2O. The Morgan fingerprint density at radius 3 is 2.70 bits per heavy atom. The van der Waals surface area contributed by atoms with Gasteiger partial charge < -0.3 is 19.7 Å². The maximum atomic E-state index is 12.2. The molecule has 0 aromatic carbocycles. The summed E-state index contributed by atoms with van der Waals surface area (Å²) < 4.78 is 11.8. The molecular weight excluding hydrogens is 344 g/mol. The molecule has 0 amide bonds. The van der Waals surface area contributed by atoms with Gasteiger partial charge in [-0.2, -0.15) is 0 Å². The Morgan fingerprint density at radius 2 is 1.96 bits per heavy atom. The Labute approximate surface area is 159 Å². The van der Waals surface area contributed by atoms with Crippen molar-refractivity contribution < 1.29 is 24.5 Å². The van der Waals surface area contributed by atoms with Crippen LogP contribution in [-0.4, -0.2) is 46.2 Å².